The quantitative estimate of drug-likeness (QED) is 0.803. The highest BCUT2D eigenvalue weighted by Crippen LogP contribution is 2.51. The minimum absolute atomic E-state index is 0.0207. The van der Waals surface area contributed by atoms with E-state index in [0.29, 0.717) is 45.7 Å². The summed E-state index contributed by atoms with van der Waals surface area (Å²) in [7, 11) is 0. The summed E-state index contributed by atoms with van der Waals surface area (Å²) in [6, 6.07) is 5.53. The minimum Gasteiger partial charge on any atom is -0.355 e. The van der Waals surface area contributed by atoms with Gasteiger partial charge in [-0.1, -0.05) is 25.1 Å². The maximum atomic E-state index is 13.2. The van der Waals surface area contributed by atoms with Gasteiger partial charge in [0, 0.05) is 38.6 Å². The van der Waals surface area contributed by atoms with Crippen LogP contribution in [0.5, 0.6) is 0 Å². The smallest absolute Gasteiger partial charge is 0.355 e. The number of benzene rings is 1. The van der Waals surface area contributed by atoms with Gasteiger partial charge in [-0.3, -0.25) is 14.5 Å². The predicted octanol–water partition coefficient (Wildman–Crippen LogP) is 2.48. The summed E-state index contributed by atoms with van der Waals surface area (Å²) in [5.74, 6) is -0.823. The molecule has 1 heterocycles. The van der Waals surface area contributed by atoms with Crippen LogP contribution < -0.4 is 5.32 Å². The van der Waals surface area contributed by atoms with Crippen molar-refractivity contribution in [1.29, 1.82) is 0 Å². The van der Waals surface area contributed by atoms with Crippen molar-refractivity contribution in [2.45, 2.75) is 31.9 Å². The molecule has 8 heteroatoms. The summed E-state index contributed by atoms with van der Waals surface area (Å²) in [6.07, 6.45) is -3.06. The number of nitrogens with one attached hydrogen (secondary N) is 1. The van der Waals surface area contributed by atoms with E-state index in [1.54, 1.807) is 11.0 Å². The first-order valence-corrected chi connectivity index (χ1v) is 9.75. The molecule has 2 aliphatic rings. The summed E-state index contributed by atoms with van der Waals surface area (Å²) >= 11 is 0. The number of nitrogens with zero attached hydrogens (tertiary/aromatic N) is 2. The molecule has 1 aliphatic heterocycles. The molecule has 1 saturated heterocycles. The van der Waals surface area contributed by atoms with Crippen LogP contribution in [0.25, 0.3) is 0 Å². The fraction of sp³-hybridized carbons (Fsp3) is 0.600. The molecule has 1 aromatic carbocycles. The zero-order chi connectivity index (χ0) is 20.3. The van der Waals surface area contributed by atoms with Crippen molar-refractivity contribution in [3.8, 4) is 0 Å². The van der Waals surface area contributed by atoms with Crippen LogP contribution in [-0.2, 0) is 15.8 Å². The van der Waals surface area contributed by atoms with Gasteiger partial charge in [0.2, 0.25) is 11.8 Å². The third kappa shape index (κ3) is 4.84. The van der Waals surface area contributed by atoms with Gasteiger partial charge in [-0.2, -0.15) is 13.2 Å². The van der Waals surface area contributed by atoms with E-state index in [2.05, 4.69) is 5.32 Å². The van der Waals surface area contributed by atoms with E-state index >= 15 is 0 Å². The summed E-state index contributed by atoms with van der Waals surface area (Å²) < 4.78 is 39.6. The highest BCUT2D eigenvalue weighted by Gasteiger charge is 2.49. The van der Waals surface area contributed by atoms with Crippen LogP contribution in [0.15, 0.2) is 24.3 Å². The fourth-order valence-corrected chi connectivity index (χ4v) is 3.77. The Morgan fingerprint density at radius 1 is 1.14 bits per heavy atom. The zero-order valence-corrected chi connectivity index (χ0v) is 16.0. The molecule has 0 aromatic heterocycles. The molecule has 1 aromatic rings. The maximum absolute atomic E-state index is 13.2. The second-order valence-electron chi connectivity index (χ2n) is 7.49. The molecule has 1 N–H and O–H groups in total. The Morgan fingerprint density at radius 3 is 2.46 bits per heavy atom. The predicted molar refractivity (Wildman–Crippen MR) is 98.6 cm³/mol. The summed E-state index contributed by atoms with van der Waals surface area (Å²) in [5.41, 5.74) is -0.419. The Morgan fingerprint density at radius 2 is 1.82 bits per heavy atom. The molecular formula is C20H26F3N3O2. The highest BCUT2D eigenvalue weighted by molar-refractivity contribution is 5.83. The van der Waals surface area contributed by atoms with Crippen molar-refractivity contribution in [2.24, 2.45) is 5.92 Å². The monoisotopic (exact) mass is 397 g/mol. The molecular weight excluding hydrogens is 371 g/mol. The van der Waals surface area contributed by atoms with Crippen molar-refractivity contribution in [1.82, 2.24) is 15.1 Å². The summed E-state index contributed by atoms with van der Waals surface area (Å²) in [6.45, 7) is 5.16. The van der Waals surface area contributed by atoms with Crippen LogP contribution in [0.1, 0.15) is 36.8 Å². The second-order valence-corrected chi connectivity index (χ2v) is 7.49. The van der Waals surface area contributed by atoms with Gasteiger partial charge in [-0.15, -0.1) is 0 Å². The van der Waals surface area contributed by atoms with Crippen LogP contribution in [0.2, 0.25) is 0 Å². The van der Waals surface area contributed by atoms with Crippen LogP contribution in [0.3, 0.4) is 0 Å². The van der Waals surface area contributed by atoms with Crippen LogP contribution >= 0.6 is 0 Å². The Labute approximate surface area is 162 Å². The number of halogens is 3. The first-order chi connectivity index (χ1) is 13.3. The van der Waals surface area contributed by atoms with Gasteiger partial charge in [0.05, 0.1) is 12.1 Å². The molecule has 2 unspecified atom stereocenters. The van der Waals surface area contributed by atoms with Gasteiger partial charge >= 0.3 is 6.18 Å². The third-order valence-electron chi connectivity index (χ3n) is 5.40. The molecule has 0 bridgehead atoms. The zero-order valence-electron chi connectivity index (χ0n) is 16.0. The number of hydrogen-bond donors (Lipinski definition) is 1. The van der Waals surface area contributed by atoms with Crippen LogP contribution in [0.4, 0.5) is 13.2 Å². The van der Waals surface area contributed by atoms with E-state index in [-0.39, 0.29) is 29.2 Å². The van der Waals surface area contributed by atoms with Crippen molar-refractivity contribution in [2.75, 3.05) is 39.3 Å². The van der Waals surface area contributed by atoms with E-state index in [9.17, 15) is 22.8 Å². The molecule has 154 valence electrons. The number of amides is 2. The topological polar surface area (TPSA) is 52.7 Å². The SMILES string of the molecule is CCCNC(=O)CN1CCN(C(=O)C2CC2c2ccccc2C(F)(F)F)CC1. The molecule has 3 rings (SSSR count). The molecule has 0 radical (unpaired) electrons. The van der Waals surface area contributed by atoms with E-state index in [0.717, 1.165) is 12.5 Å². The molecule has 1 saturated carbocycles. The summed E-state index contributed by atoms with van der Waals surface area (Å²) in [4.78, 5) is 28.2. The van der Waals surface area contributed by atoms with Gasteiger partial charge in [0.15, 0.2) is 0 Å². The molecule has 2 amide bonds. The van der Waals surface area contributed by atoms with Gasteiger partial charge in [0.1, 0.15) is 0 Å². The van der Waals surface area contributed by atoms with E-state index < -0.39 is 11.7 Å². The Kier molecular flexibility index (Phi) is 6.27. The third-order valence-corrected chi connectivity index (χ3v) is 5.40. The number of alkyl halides is 3. The number of carbonyl (C=O) groups excluding carboxylic acids is 2. The van der Waals surface area contributed by atoms with E-state index in [1.165, 1.54) is 12.1 Å². The summed E-state index contributed by atoms with van der Waals surface area (Å²) in [5, 5.41) is 2.83. The van der Waals surface area contributed by atoms with Crippen molar-refractivity contribution < 1.29 is 22.8 Å². The highest BCUT2D eigenvalue weighted by atomic mass is 19.4. The lowest BCUT2D eigenvalue weighted by Gasteiger charge is -2.34. The Hall–Kier alpha value is -2.09. The standard InChI is InChI=1S/C20H26F3N3O2/c1-2-7-24-18(27)13-25-8-10-26(11-9-25)19(28)16-12-15(16)14-5-3-4-6-17(14)20(21,22)23/h3-6,15-16H,2,7-13H2,1H3,(H,24,27). The first kappa shape index (κ1) is 20.6. The molecule has 5 nitrogen and oxygen atoms in total. The van der Waals surface area contributed by atoms with Crippen LogP contribution in [-0.4, -0.2) is 60.9 Å². The minimum atomic E-state index is -4.41. The van der Waals surface area contributed by atoms with Crippen molar-refractivity contribution in [3.63, 3.8) is 0 Å². The van der Waals surface area contributed by atoms with Gasteiger partial charge in [0.25, 0.3) is 0 Å². The molecule has 2 atom stereocenters. The maximum Gasteiger partial charge on any atom is 0.416 e. The van der Waals surface area contributed by atoms with E-state index in [4.69, 9.17) is 0 Å². The van der Waals surface area contributed by atoms with Crippen LogP contribution in [0, 0.1) is 5.92 Å². The second kappa shape index (κ2) is 8.51. The molecule has 28 heavy (non-hydrogen) atoms. The number of rotatable bonds is 6. The molecule has 1 aliphatic carbocycles. The normalized spacial score (nSPS) is 22.8. The lowest BCUT2D eigenvalue weighted by molar-refractivity contribution is -0.139. The number of piperazine rings is 1. The first-order valence-electron chi connectivity index (χ1n) is 9.75. The van der Waals surface area contributed by atoms with Crippen molar-refractivity contribution in [3.05, 3.63) is 35.4 Å². The largest absolute Gasteiger partial charge is 0.416 e. The van der Waals surface area contributed by atoms with E-state index in [1.807, 2.05) is 11.8 Å². The Bertz CT molecular complexity index is 715. The molecule has 0 spiro atoms. The van der Waals surface area contributed by atoms with Crippen molar-refractivity contribution >= 4 is 11.8 Å². The lowest BCUT2D eigenvalue weighted by atomic mass is 10.0. The lowest BCUT2D eigenvalue weighted by Crippen LogP contribution is -2.51. The number of hydrogen-bond acceptors (Lipinski definition) is 3. The van der Waals surface area contributed by atoms with Gasteiger partial charge in [-0.25, -0.2) is 0 Å². The fourth-order valence-electron chi connectivity index (χ4n) is 3.77. The average molecular weight is 397 g/mol. The average Bonchev–Trinajstić information content (AvgIpc) is 3.46. The Balaban J connectivity index is 1.52. The van der Waals surface area contributed by atoms with Gasteiger partial charge in [-0.05, 0) is 30.4 Å². The molecule has 2 fully saturated rings. The van der Waals surface area contributed by atoms with Gasteiger partial charge < -0.3 is 10.2 Å². The number of carbonyl (C=O) groups is 2.